The van der Waals surface area contributed by atoms with Crippen LogP contribution in [0.1, 0.15) is 43.7 Å². The van der Waals surface area contributed by atoms with Crippen molar-refractivity contribution in [2.24, 2.45) is 12.8 Å². The van der Waals surface area contributed by atoms with Crippen LogP contribution in [-0.2, 0) is 13.6 Å². The fourth-order valence-electron chi connectivity index (χ4n) is 4.28. The van der Waals surface area contributed by atoms with Crippen LogP contribution in [0, 0.1) is 0 Å². The van der Waals surface area contributed by atoms with Crippen LogP contribution in [0.2, 0.25) is 0 Å². The molecule has 1 fully saturated rings. The summed E-state index contributed by atoms with van der Waals surface area (Å²) in [6.07, 6.45) is 5.70. The Morgan fingerprint density at radius 2 is 1.94 bits per heavy atom. The molecule has 9 nitrogen and oxygen atoms in total. The summed E-state index contributed by atoms with van der Waals surface area (Å²) < 4.78 is 3.73. The molecule has 1 aliphatic heterocycles. The number of fused-ring (bicyclic) bond motifs is 2. The first-order valence-corrected chi connectivity index (χ1v) is 10.9. The molecule has 0 bridgehead atoms. The Hall–Kier alpha value is -3.20. The van der Waals surface area contributed by atoms with Crippen molar-refractivity contribution in [1.82, 2.24) is 29.4 Å². The van der Waals surface area contributed by atoms with Crippen molar-refractivity contribution in [2.45, 2.75) is 45.2 Å². The van der Waals surface area contributed by atoms with Gasteiger partial charge in [-0.3, -0.25) is 4.68 Å². The zero-order valence-electron chi connectivity index (χ0n) is 18.3. The van der Waals surface area contributed by atoms with Gasteiger partial charge in [-0.1, -0.05) is 32.0 Å². The van der Waals surface area contributed by atoms with E-state index in [9.17, 15) is 0 Å². The third-order valence-electron chi connectivity index (χ3n) is 6.11. The largest absolute Gasteiger partial charge is 0.350 e. The van der Waals surface area contributed by atoms with E-state index in [1.165, 1.54) is 0 Å². The molecule has 0 spiro atoms. The fraction of sp³-hybridized carbons (Fsp3) is 0.455. The summed E-state index contributed by atoms with van der Waals surface area (Å²) in [7, 11) is 1.97. The summed E-state index contributed by atoms with van der Waals surface area (Å²) in [6.45, 7) is 6.68. The fourth-order valence-corrected chi connectivity index (χ4v) is 4.28. The minimum Gasteiger partial charge on any atom is -0.350 e. The number of piperidine rings is 1. The zero-order chi connectivity index (χ0) is 21.5. The minimum absolute atomic E-state index is 0.262. The van der Waals surface area contributed by atoms with Crippen LogP contribution in [0.25, 0.3) is 16.6 Å². The molecule has 162 valence electrons. The van der Waals surface area contributed by atoms with E-state index in [4.69, 9.17) is 15.7 Å². The van der Waals surface area contributed by atoms with Crippen LogP contribution < -0.4 is 16.0 Å². The van der Waals surface area contributed by atoms with Gasteiger partial charge in [0.15, 0.2) is 5.65 Å². The van der Waals surface area contributed by atoms with Gasteiger partial charge in [-0.25, -0.2) is 0 Å². The lowest BCUT2D eigenvalue weighted by Crippen LogP contribution is -2.40. The average Bonchev–Trinajstić information content (AvgIpc) is 3.37. The summed E-state index contributed by atoms with van der Waals surface area (Å²) in [4.78, 5) is 12.0. The van der Waals surface area contributed by atoms with Crippen LogP contribution >= 0.6 is 0 Å². The topological polar surface area (TPSA) is 102 Å². The molecule has 9 heteroatoms. The lowest BCUT2D eigenvalue weighted by Gasteiger charge is -2.30. The van der Waals surface area contributed by atoms with Gasteiger partial charge in [0.05, 0.1) is 17.9 Å². The lowest BCUT2D eigenvalue weighted by atomic mass is 10.1. The summed E-state index contributed by atoms with van der Waals surface area (Å²) in [5, 5.41) is 13.6. The molecular weight excluding hydrogens is 390 g/mol. The molecule has 0 amide bonds. The SMILES string of the molecule is CC(C)c1cnn2c(NCc3cccc4cnn(C)c34)nc(N3CCC(N)CC3)nc12. The van der Waals surface area contributed by atoms with Crippen molar-refractivity contribution in [1.29, 1.82) is 0 Å². The number of nitrogens with zero attached hydrogens (tertiary/aromatic N) is 7. The van der Waals surface area contributed by atoms with Crippen LogP contribution in [0.3, 0.4) is 0 Å². The van der Waals surface area contributed by atoms with Crippen molar-refractivity contribution in [2.75, 3.05) is 23.3 Å². The molecule has 3 N–H and O–H groups in total. The molecular formula is C22H29N9. The minimum atomic E-state index is 0.262. The van der Waals surface area contributed by atoms with Gasteiger partial charge in [0.25, 0.3) is 0 Å². The molecule has 0 saturated carbocycles. The summed E-state index contributed by atoms with van der Waals surface area (Å²) >= 11 is 0. The second kappa shape index (κ2) is 7.81. The van der Waals surface area contributed by atoms with E-state index in [0.29, 0.717) is 18.4 Å². The second-order valence-electron chi connectivity index (χ2n) is 8.64. The number of benzene rings is 1. The van der Waals surface area contributed by atoms with E-state index in [0.717, 1.165) is 59.6 Å². The smallest absolute Gasteiger partial charge is 0.230 e. The Morgan fingerprint density at radius 1 is 1.13 bits per heavy atom. The van der Waals surface area contributed by atoms with Gasteiger partial charge in [-0.2, -0.15) is 24.7 Å². The van der Waals surface area contributed by atoms with E-state index in [-0.39, 0.29) is 6.04 Å². The molecule has 0 atom stereocenters. The number of hydrogen-bond donors (Lipinski definition) is 2. The first-order valence-electron chi connectivity index (χ1n) is 10.9. The Bertz CT molecular complexity index is 1210. The van der Waals surface area contributed by atoms with Crippen molar-refractivity contribution >= 4 is 28.4 Å². The molecule has 1 aromatic carbocycles. The van der Waals surface area contributed by atoms with E-state index < -0.39 is 0 Å². The molecule has 31 heavy (non-hydrogen) atoms. The first-order chi connectivity index (χ1) is 15.0. The van der Waals surface area contributed by atoms with Gasteiger partial charge in [0, 0.05) is 43.7 Å². The van der Waals surface area contributed by atoms with E-state index in [1.807, 2.05) is 28.6 Å². The van der Waals surface area contributed by atoms with E-state index in [2.05, 4.69) is 52.5 Å². The normalized spacial score (nSPS) is 15.5. The standard InChI is InChI=1S/C22H29N9/c1-14(2)18-13-26-31-20(18)27-22(30-9-7-17(23)8-10-30)28-21(31)24-11-15-5-4-6-16-12-25-29(3)19(15)16/h4-6,12-14,17H,7-11,23H2,1-3H3,(H,24,27,28). The number of aryl methyl sites for hydroxylation is 1. The summed E-state index contributed by atoms with van der Waals surface area (Å²) in [5.41, 5.74) is 10.4. The van der Waals surface area contributed by atoms with E-state index in [1.54, 1.807) is 0 Å². The van der Waals surface area contributed by atoms with E-state index >= 15 is 0 Å². The Kier molecular flexibility index (Phi) is 4.97. The maximum absolute atomic E-state index is 6.10. The maximum atomic E-state index is 6.10. The number of para-hydroxylation sites is 1. The third kappa shape index (κ3) is 3.59. The van der Waals surface area contributed by atoms with Crippen molar-refractivity contribution in [3.8, 4) is 0 Å². The first kappa shape index (κ1) is 19.7. The van der Waals surface area contributed by atoms with Gasteiger partial charge >= 0.3 is 0 Å². The number of hydrogen-bond acceptors (Lipinski definition) is 7. The predicted octanol–water partition coefficient (Wildman–Crippen LogP) is 2.67. The molecule has 4 heterocycles. The van der Waals surface area contributed by atoms with Crippen LogP contribution in [0.15, 0.2) is 30.6 Å². The lowest BCUT2D eigenvalue weighted by molar-refractivity contribution is 0.495. The van der Waals surface area contributed by atoms with Gasteiger partial charge < -0.3 is 16.0 Å². The van der Waals surface area contributed by atoms with Crippen molar-refractivity contribution in [3.63, 3.8) is 0 Å². The molecule has 4 aromatic rings. The van der Waals surface area contributed by atoms with Gasteiger partial charge in [-0.05, 0) is 24.3 Å². The summed E-state index contributed by atoms with van der Waals surface area (Å²) in [6, 6.07) is 6.52. The van der Waals surface area contributed by atoms with Gasteiger partial charge in [0.1, 0.15) is 0 Å². The Balaban J connectivity index is 1.52. The molecule has 0 unspecified atom stereocenters. The summed E-state index contributed by atoms with van der Waals surface area (Å²) in [5.74, 6) is 1.76. The number of aromatic nitrogens is 6. The van der Waals surface area contributed by atoms with Crippen molar-refractivity contribution in [3.05, 3.63) is 41.7 Å². The monoisotopic (exact) mass is 419 g/mol. The molecule has 5 rings (SSSR count). The van der Waals surface area contributed by atoms with Crippen molar-refractivity contribution < 1.29 is 0 Å². The molecule has 1 saturated heterocycles. The van der Waals surface area contributed by atoms with Crippen LogP contribution in [0.5, 0.6) is 0 Å². The molecule has 3 aromatic heterocycles. The Labute approximate surface area is 181 Å². The van der Waals surface area contributed by atoms with Gasteiger partial charge in [-0.15, -0.1) is 0 Å². The number of nitrogens with one attached hydrogen (secondary N) is 1. The second-order valence-corrected chi connectivity index (χ2v) is 8.64. The molecule has 0 aliphatic carbocycles. The van der Waals surface area contributed by atoms with Gasteiger partial charge in [0.2, 0.25) is 11.9 Å². The number of rotatable bonds is 5. The third-order valence-corrected chi connectivity index (χ3v) is 6.11. The van der Waals surface area contributed by atoms with Crippen LogP contribution in [0.4, 0.5) is 11.9 Å². The Morgan fingerprint density at radius 3 is 2.71 bits per heavy atom. The van der Waals surface area contributed by atoms with Crippen LogP contribution in [-0.4, -0.2) is 48.5 Å². The predicted molar refractivity (Wildman–Crippen MR) is 122 cm³/mol. The molecule has 1 aliphatic rings. The highest BCUT2D eigenvalue weighted by Gasteiger charge is 2.22. The maximum Gasteiger partial charge on any atom is 0.230 e. The quantitative estimate of drug-likeness (QED) is 0.513. The molecule has 0 radical (unpaired) electrons. The number of nitrogens with two attached hydrogens (primary N) is 1. The number of anilines is 2. The zero-order valence-corrected chi connectivity index (χ0v) is 18.3. The average molecular weight is 420 g/mol. The highest BCUT2D eigenvalue weighted by atomic mass is 15.4. The highest BCUT2D eigenvalue weighted by Crippen LogP contribution is 2.25. The highest BCUT2D eigenvalue weighted by molar-refractivity contribution is 5.82.